The molecule has 0 bridgehead atoms. The molecule has 0 aliphatic carbocycles. The average molecular weight is 215 g/mol. The number of hydrogen-bond donors (Lipinski definition) is 1. The number of rotatable bonds is 5. The second-order valence-electron chi connectivity index (χ2n) is 4.65. The van der Waals surface area contributed by atoms with E-state index in [-0.39, 0.29) is 6.10 Å². The van der Waals surface area contributed by atoms with Gasteiger partial charge in [-0.3, -0.25) is 4.90 Å². The summed E-state index contributed by atoms with van der Waals surface area (Å²) in [5, 5.41) is 9.36. The zero-order valence-electron chi connectivity index (χ0n) is 10.3. The molecule has 3 unspecified atom stereocenters. The lowest BCUT2D eigenvalue weighted by molar-refractivity contribution is -0.0111. The minimum Gasteiger partial charge on any atom is -0.393 e. The lowest BCUT2D eigenvalue weighted by atomic mass is 10.0. The summed E-state index contributed by atoms with van der Waals surface area (Å²) in [5.74, 6) is 0. The number of aliphatic hydroxyl groups is 1. The Bertz CT molecular complexity index is 171. The van der Waals surface area contributed by atoms with Crippen molar-refractivity contribution in [3.63, 3.8) is 0 Å². The second-order valence-corrected chi connectivity index (χ2v) is 4.65. The molecule has 90 valence electrons. The fourth-order valence-corrected chi connectivity index (χ4v) is 2.38. The van der Waals surface area contributed by atoms with Gasteiger partial charge < -0.3 is 9.84 Å². The van der Waals surface area contributed by atoms with Crippen LogP contribution in [-0.4, -0.2) is 48.0 Å². The topological polar surface area (TPSA) is 32.7 Å². The van der Waals surface area contributed by atoms with Crippen LogP contribution in [-0.2, 0) is 4.74 Å². The molecule has 0 aromatic rings. The van der Waals surface area contributed by atoms with Crippen LogP contribution in [0.1, 0.15) is 40.0 Å². The molecule has 15 heavy (non-hydrogen) atoms. The molecule has 0 aromatic carbocycles. The summed E-state index contributed by atoms with van der Waals surface area (Å²) in [7, 11) is 0. The molecular formula is C12H25NO2. The fraction of sp³-hybridized carbons (Fsp3) is 1.00. The van der Waals surface area contributed by atoms with Gasteiger partial charge in [-0.05, 0) is 46.6 Å². The number of nitrogens with zero attached hydrogens (tertiary/aromatic N) is 1. The van der Waals surface area contributed by atoms with Gasteiger partial charge >= 0.3 is 0 Å². The summed E-state index contributed by atoms with van der Waals surface area (Å²) in [6.45, 7) is 9.10. The van der Waals surface area contributed by atoms with E-state index in [2.05, 4.69) is 18.7 Å². The lowest BCUT2D eigenvalue weighted by Gasteiger charge is -2.37. The molecule has 1 rings (SSSR count). The number of piperidine rings is 1. The number of aliphatic hydroxyl groups excluding tert-OH is 1. The smallest absolute Gasteiger partial charge is 0.0702 e. The molecule has 3 atom stereocenters. The van der Waals surface area contributed by atoms with Crippen molar-refractivity contribution in [2.75, 3.05) is 19.7 Å². The Kier molecular flexibility index (Phi) is 5.58. The number of ether oxygens (including phenoxy) is 1. The zero-order valence-corrected chi connectivity index (χ0v) is 10.3. The predicted octanol–water partition coefficient (Wildman–Crippen LogP) is 1.65. The average Bonchev–Trinajstić information content (AvgIpc) is 2.17. The van der Waals surface area contributed by atoms with Gasteiger partial charge in [0.1, 0.15) is 0 Å². The Morgan fingerprint density at radius 2 is 2.20 bits per heavy atom. The summed E-state index contributed by atoms with van der Waals surface area (Å²) in [5.41, 5.74) is 0. The van der Waals surface area contributed by atoms with Crippen molar-refractivity contribution in [3.05, 3.63) is 0 Å². The van der Waals surface area contributed by atoms with E-state index in [0.717, 1.165) is 26.1 Å². The zero-order chi connectivity index (χ0) is 11.3. The maximum atomic E-state index is 9.36. The van der Waals surface area contributed by atoms with Crippen molar-refractivity contribution in [1.82, 2.24) is 4.90 Å². The summed E-state index contributed by atoms with van der Waals surface area (Å²) in [6, 6.07) is 0.466. The van der Waals surface area contributed by atoms with E-state index >= 15 is 0 Å². The van der Waals surface area contributed by atoms with Gasteiger partial charge in [0.25, 0.3) is 0 Å². The van der Waals surface area contributed by atoms with Crippen LogP contribution in [0.25, 0.3) is 0 Å². The van der Waals surface area contributed by atoms with Crippen molar-refractivity contribution < 1.29 is 9.84 Å². The normalized spacial score (nSPS) is 27.6. The molecule has 1 heterocycles. The van der Waals surface area contributed by atoms with Gasteiger partial charge in [-0.15, -0.1) is 0 Å². The summed E-state index contributed by atoms with van der Waals surface area (Å²) in [4.78, 5) is 2.44. The maximum Gasteiger partial charge on any atom is 0.0702 e. The summed E-state index contributed by atoms with van der Waals surface area (Å²) >= 11 is 0. The predicted molar refractivity (Wildman–Crippen MR) is 62.0 cm³/mol. The Balaban J connectivity index is 2.34. The van der Waals surface area contributed by atoms with E-state index in [1.54, 1.807) is 0 Å². The van der Waals surface area contributed by atoms with E-state index in [1.807, 2.05) is 6.92 Å². The first-order chi connectivity index (χ1) is 7.13. The van der Waals surface area contributed by atoms with Crippen LogP contribution in [0.5, 0.6) is 0 Å². The van der Waals surface area contributed by atoms with Crippen LogP contribution >= 0.6 is 0 Å². The van der Waals surface area contributed by atoms with E-state index in [9.17, 15) is 5.11 Å². The largest absolute Gasteiger partial charge is 0.393 e. The van der Waals surface area contributed by atoms with E-state index in [4.69, 9.17) is 4.74 Å². The highest BCUT2D eigenvalue weighted by atomic mass is 16.5. The lowest BCUT2D eigenvalue weighted by Crippen LogP contribution is -2.45. The summed E-state index contributed by atoms with van der Waals surface area (Å²) in [6.07, 6.45) is 3.46. The monoisotopic (exact) mass is 215 g/mol. The Hall–Kier alpha value is -0.120. The first kappa shape index (κ1) is 12.9. The first-order valence-corrected chi connectivity index (χ1v) is 6.17. The highest BCUT2D eigenvalue weighted by Gasteiger charge is 2.24. The highest BCUT2D eigenvalue weighted by molar-refractivity contribution is 4.78. The van der Waals surface area contributed by atoms with Crippen LogP contribution in [0.4, 0.5) is 0 Å². The first-order valence-electron chi connectivity index (χ1n) is 6.17. The van der Waals surface area contributed by atoms with Gasteiger partial charge in [0.05, 0.1) is 12.2 Å². The molecule has 0 aromatic heterocycles. The molecule has 1 N–H and O–H groups in total. The van der Waals surface area contributed by atoms with Crippen LogP contribution in [0.15, 0.2) is 0 Å². The minimum atomic E-state index is -0.201. The van der Waals surface area contributed by atoms with Crippen LogP contribution in [0, 0.1) is 0 Å². The van der Waals surface area contributed by atoms with E-state index in [0.29, 0.717) is 12.1 Å². The Morgan fingerprint density at radius 1 is 1.47 bits per heavy atom. The van der Waals surface area contributed by atoms with Gasteiger partial charge in [-0.2, -0.15) is 0 Å². The molecule has 0 amide bonds. The van der Waals surface area contributed by atoms with Gasteiger partial charge in [-0.25, -0.2) is 0 Å². The minimum absolute atomic E-state index is 0.201. The molecule has 0 spiro atoms. The quantitative estimate of drug-likeness (QED) is 0.757. The van der Waals surface area contributed by atoms with Crippen molar-refractivity contribution in [2.45, 2.75) is 58.3 Å². The van der Waals surface area contributed by atoms with Crippen LogP contribution < -0.4 is 0 Å². The molecule has 1 saturated heterocycles. The molecule has 3 nitrogen and oxygen atoms in total. The third-order valence-corrected chi connectivity index (χ3v) is 3.12. The molecule has 1 fully saturated rings. The van der Waals surface area contributed by atoms with Crippen LogP contribution in [0.3, 0.4) is 0 Å². The molecular weight excluding hydrogens is 190 g/mol. The van der Waals surface area contributed by atoms with Crippen molar-refractivity contribution >= 4 is 0 Å². The van der Waals surface area contributed by atoms with E-state index < -0.39 is 0 Å². The van der Waals surface area contributed by atoms with Crippen molar-refractivity contribution in [3.8, 4) is 0 Å². The van der Waals surface area contributed by atoms with Crippen molar-refractivity contribution in [1.29, 1.82) is 0 Å². The Labute approximate surface area is 93.4 Å². The van der Waals surface area contributed by atoms with Gasteiger partial charge in [-0.1, -0.05) is 0 Å². The fourth-order valence-electron chi connectivity index (χ4n) is 2.38. The standard InChI is InChI=1S/C12H25NO2/c1-4-15-12-6-5-7-13(9-12)10(2)8-11(3)14/h10-12,14H,4-9H2,1-3H3. The van der Waals surface area contributed by atoms with Gasteiger partial charge in [0.2, 0.25) is 0 Å². The molecule has 1 aliphatic rings. The number of hydrogen-bond acceptors (Lipinski definition) is 3. The van der Waals surface area contributed by atoms with Crippen LogP contribution in [0.2, 0.25) is 0 Å². The molecule has 3 heteroatoms. The van der Waals surface area contributed by atoms with Gasteiger partial charge in [0, 0.05) is 19.2 Å². The maximum absolute atomic E-state index is 9.36. The second kappa shape index (κ2) is 6.46. The molecule has 0 saturated carbocycles. The van der Waals surface area contributed by atoms with E-state index in [1.165, 1.54) is 12.8 Å². The summed E-state index contributed by atoms with van der Waals surface area (Å²) < 4.78 is 5.66. The molecule has 1 aliphatic heterocycles. The SMILES string of the molecule is CCOC1CCCN(C(C)CC(C)O)C1. The number of likely N-dealkylation sites (tertiary alicyclic amines) is 1. The third-order valence-electron chi connectivity index (χ3n) is 3.12. The van der Waals surface area contributed by atoms with Gasteiger partial charge in [0.15, 0.2) is 0 Å². The molecule has 0 radical (unpaired) electrons. The van der Waals surface area contributed by atoms with Crippen molar-refractivity contribution in [2.24, 2.45) is 0 Å². The third kappa shape index (κ3) is 4.49. The highest BCUT2D eigenvalue weighted by Crippen LogP contribution is 2.17. The Morgan fingerprint density at radius 3 is 2.80 bits per heavy atom.